The Labute approximate surface area is 84.1 Å². The molecule has 1 N–H and O–H groups in total. The summed E-state index contributed by atoms with van der Waals surface area (Å²) in [5.41, 5.74) is -0.0386. The van der Waals surface area contributed by atoms with Gasteiger partial charge in [-0.3, -0.25) is 0 Å². The first-order valence-electron chi connectivity index (χ1n) is 5.09. The predicted molar refractivity (Wildman–Crippen MR) is 53.1 cm³/mol. The second-order valence-corrected chi connectivity index (χ2v) is 4.98. The van der Waals surface area contributed by atoms with E-state index in [4.69, 9.17) is 4.42 Å². The molecule has 0 bridgehead atoms. The number of rotatable bonds is 2. The van der Waals surface area contributed by atoms with Crippen LogP contribution in [-0.2, 0) is 11.8 Å². The molecule has 4 heteroatoms. The van der Waals surface area contributed by atoms with Gasteiger partial charge >= 0.3 is 0 Å². The fraction of sp³-hybridized carbons (Fsp3) is 0.800. The normalized spacial score (nSPS) is 18.2. The molecule has 14 heavy (non-hydrogen) atoms. The lowest BCUT2D eigenvalue weighted by molar-refractivity contribution is 0.303. The van der Waals surface area contributed by atoms with Crippen LogP contribution >= 0.6 is 0 Å². The summed E-state index contributed by atoms with van der Waals surface area (Å²) < 4.78 is 5.60. The molecule has 1 saturated heterocycles. The summed E-state index contributed by atoms with van der Waals surface area (Å²) in [5, 5.41) is 11.4. The zero-order chi connectivity index (χ0) is 10.2. The highest BCUT2D eigenvalue weighted by Gasteiger charge is 2.24. The van der Waals surface area contributed by atoms with E-state index in [1.54, 1.807) is 0 Å². The van der Waals surface area contributed by atoms with Crippen molar-refractivity contribution in [1.29, 1.82) is 0 Å². The van der Waals surface area contributed by atoms with Crippen molar-refractivity contribution in [2.45, 2.75) is 32.6 Å². The van der Waals surface area contributed by atoms with E-state index < -0.39 is 0 Å². The molecule has 2 heterocycles. The van der Waals surface area contributed by atoms with Gasteiger partial charge in [0.1, 0.15) is 0 Å². The Bertz CT molecular complexity index is 309. The Morgan fingerprint density at radius 1 is 1.36 bits per heavy atom. The van der Waals surface area contributed by atoms with Crippen LogP contribution in [0.3, 0.4) is 0 Å². The monoisotopic (exact) mass is 195 g/mol. The van der Waals surface area contributed by atoms with Gasteiger partial charge in [0.05, 0.1) is 0 Å². The van der Waals surface area contributed by atoms with E-state index in [0.29, 0.717) is 5.92 Å². The highest BCUT2D eigenvalue weighted by molar-refractivity contribution is 4.97. The van der Waals surface area contributed by atoms with E-state index in [1.165, 1.54) is 0 Å². The van der Waals surface area contributed by atoms with Crippen molar-refractivity contribution in [3.05, 3.63) is 11.8 Å². The van der Waals surface area contributed by atoms with E-state index in [9.17, 15) is 0 Å². The zero-order valence-corrected chi connectivity index (χ0v) is 9.00. The molecule has 0 unspecified atom stereocenters. The van der Waals surface area contributed by atoms with Gasteiger partial charge in [0.15, 0.2) is 0 Å². The number of nitrogens with one attached hydrogen (secondary N) is 1. The molecule has 0 amide bonds. The summed E-state index contributed by atoms with van der Waals surface area (Å²) in [7, 11) is 0. The van der Waals surface area contributed by atoms with Gasteiger partial charge in [0.25, 0.3) is 0 Å². The van der Waals surface area contributed by atoms with Crippen LogP contribution in [0.5, 0.6) is 0 Å². The van der Waals surface area contributed by atoms with Crippen LogP contribution in [0.4, 0.5) is 0 Å². The Kier molecular flexibility index (Phi) is 2.31. The smallest absolute Gasteiger partial charge is 0.221 e. The maximum absolute atomic E-state index is 5.60. The maximum atomic E-state index is 5.60. The van der Waals surface area contributed by atoms with Gasteiger partial charge < -0.3 is 9.73 Å². The third kappa shape index (κ3) is 1.95. The Morgan fingerprint density at radius 3 is 2.50 bits per heavy atom. The van der Waals surface area contributed by atoms with Crippen molar-refractivity contribution in [1.82, 2.24) is 15.5 Å². The van der Waals surface area contributed by atoms with Gasteiger partial charge in [-0.15, -0.1) is 10.2 Å². The fourth-order valence-electron chi connectivity index (χ4n) is 1.38. The molecule has 1 aliphatic rings. The minimum Gasteiger partial charge on any atom is -0.425 e. The number of aromatic nitrogens is 2. The van der Waals surface area contributed by atoms with Crippen molar-refractivity contribution in [3.63, 3.8) is 0 Å². The average Bonchev–Trinajstić information content (AvgIpc) is 2.43. The van der Waals surface area contributed by atoms with E-state index in [0.717, 1.165) is 31.3 Å². The molecule has 1 fully saturated rings. The predicted octanol–water partition coefficient (Wildman–Crippen LogP) is 1.13. The summed E-state index contributed by atoms with van der Waals surface area (Å²) in [6.07, 6.45) is 0.913. The van der Waals surface area contributed by atoms with Crippen LogP contribution in [-0.4, -0.2) is 23.3 Å². The summed E-state index contributed by atoms with van der Waals surface area (Å²) in [6, 6.07) is 0. The molecular formula is C10H17N3O. The Balaban J connectivity index is 2.02. The van der Waals surface area contributed by atoms with Gasteiger partial charge in [-0.2, -0.15) is 0 Å². The molecule has 78 valence electrons. The van der Waals surface area contributed by atoms with Gasteiger partial charge in [-0.05, 0) is 19.0 Å². The van der Waals surface area contributed by atoms with Gasteiger partial charge in [0.2, 0.25) is 11.8 Å². The first-order chi connectivity index (χ1) is 6.55. The minimum absolute atomic E-state index is 0.0386. The summed E-state index contributed by atoms with van der Waals surface area (Å²) in [5.74, 6) is 2.20. The SMILES string of the molecule is CC(C)(C)c1nnc(CC2CNC2)o1. The highest BCUT2D eigenvalue weighted by Crippen LogP contribution is 2.21. The van der Waals surface area contributed by atoms with E-state index >= 15 is 0 Å². The van der Waals surface area contributed by atoms with Gasteiger partial charge in [-0.25, -0.2) is 0 Å². The van der Waals surface area contributed by atoms with Crippen LogP contribution in [0.25, 0.3) is 0 Å². The zero-order valence-electron chi connectivity index (χ0n) is 9.00. The highest BCUT2D eigenvalue weighted by atomic mass is 16.4. The third-order valence-electron chi connectivity index (χ3n) is 2.44. The summed E-state index contributed by atoms with van der Waals surface area (Å²) in [6.45, 7) is 8.39. The number of hydrogen-bond acceptors (Lipinski definition) is 4. The maximum Gasteiger partial charge on any atom is 0.221 e. The first kappa shape index (κ1) is 9.65. The molecule has 0 aromatic carbocycles. The van der Waals surface area contributed by atoms with Crippen LogP contribution in [0.2, 0.25) is 0 Å². The molecule has 1 aliphatic heterocycles. The van der Waals surface area contributed by atoms with Crippen molar-refractivity contribution in [2.24, 2.45) is 5.92 Å². The van der Waals surface area contributed by atoms with Crippen molar-refractivity contribution >= 4 is 0 Å². The summed E-state index contributed by atoms with van der Waals surface area (Å²) >= 11 is 0. The largest absolute Gasteiger partial charge is 0.425 e. The first-order valence-corrected chi connectivity index (χ1v) is 5.09. The second-order valence-electron chi connectivity index (χ2n) is 4.98. The standard InChI is InChI=1S/C10H17N3O/c1-10(2,3)9-13-12-8(14-9)4-7-5-11-6-7/h7,11H,4-6H2,1-3H3. The third-order valence-corrected chi connectivity index (χ3v) is 2.44. The molecule has 0 spiro atoms. The minimum atomic E-state index is -0.0386. The molecule has 4 nitrogen and oxygen atoms in total. The molecular weight excluding hydrogens is 178 g/mol. The van der Waals surface area contributed by atoms with E-state index in [2.05, 4.69) is 36.3 Å². The number of hydrogen-bond donors (Lipinski definition) is 1. The van der Waals surface area contributed by atoms with Crippen LogP contribution in [0.15, 0.2) is 4.42 Å². The summed E-state index contributed by atoms with van der Waals surface area (Å²) in [4.78, 5) is 0. The lowest BCUT2D eigenvalue weighted by Gasteiger charge is -2.25. The molecule has 0 radical (unpaired) electrons. The van der Waals surface area contributed by atoms with Gasteiger partial charge in [0, 0.05) is 11.8 Å². The molecule has 0 saturated carbocycles. The van der Waals surface area contributed by atoms with Gasteiger partial charge in [-0.1, -0.05) is 20.8 Å². The van der Waals surface area contributed by atoms with Crippen molar-refractivity contribution in [2.75, 3.05) is 13.1 Å². The topological polar surface area (TPSA) is 51.0 Å². The molecule has 1 aromatic heterocycles. The molecule has 2 rings (SSSR count). The Hall–Kier alpha value is -0.900. The van der Waals surface area contributed by atoms with Crippen LogP contribution in [0, 0.1) is 5.92 Å². The average molecular weight is 195 g/mol. The molecule has 0 atom stereocenters. The van der Waals surface area contributed by atoms with E-state index in [-0.39, 0.29) is 5.41 Å². The quantitative estimate of drug-likeness (QED) is 0.768. The van der Waals surface area contributed by atoms with Crippen molar-refractivity contribution < 1.29 is 4.42 Å². The number of nitrogens with zero attached hydrogens (tertiary/aromatic N) is 2. The van der Waals surface area contributed by atoms with Crippen LogP contribution < -0.4 is 5.32 Å². The second kappa shape index (κ2) is 3.35. The van der Waals surface area contributed by atoms with E-state index in [1.807, 2.05) is 0 Å². The molecule has 1 aromatic rings. The lowest BCUT2D eigenvalue weighted by Crippen LogP contribution is -2.43. The fourth-order valence-corrected chi connectivity index (χ4v) is 1.38. The van der Waals surface area contributed by atoms with Crippen LogP contribution in [0.1, 0.15) is 32.6 Å². The lowest BCUT2D eigenvalue weighted by atomic mass is 9.97. The molecule has 0 aliphatic carbocycles. The Morgan fingerprint density at radius 2 is 2.07 bits per heavy atom. The van der Waals surface area contributed by atoms with Crippen molar-refractivity contribution in [3.8, 4) is 0 Å².